The van der Waals surface area contributed by atoms with Crippen molar-refractivity contribution >= 4 is 11.8 Å². The summed E-state index contributed by atoms with van der Waals surface area (Å²) in [7, 11) is 1.40. The van der Waals surface area contributed by atoms with Crippen LogP contribution in [0.5, 0.6) is 0 Å². The number of piperidine rings is 1. The molecule has 0 saturated carbocycles. The number of aromatic nitrogens is 1. The zero-order valence-electron chi connectivity index (χ0n) is 13.1. The lowest BCUT2D eigenvalue weighted by Crippen LogP contribution is -2.41. The summed E-state index contributed by atoms with van der Waals surface area (Å²) in [5, 5.41) is 3.50. The number of carbonyl (C=O) groups is 1. The molecule has 1 aliphatic heterocycles. The molecule has 1 saturated heterocycles. The van der Waals surface area contributed by atoms with Crippen LogP contribution in [0, 0.1) is 5.92 Å². The Balaban J connectivity index is 2.02. The van der Waals surface area contributed by atoms with Crippen LogP contribution in [0.15, 0.2) is 18.3 Å². The zero-order valence-corrected chi connectivity index (χ0v) is 13.1. The Kier molecular flexibility index (Phi) is 5.56. The lowest BCUT2D eigenvalue weighted by atomic mass is 9.97. The van der Waals surface area contributed by atoms with Crippen molar-refractivity contribution in [2.45, 2.75) is 32.7 Å². The topological polar surface area (TPSA) is 54.5 Å². The van der Waals surface area contributed by atoms with Crippen LogP contribution in [-0.2, 0) is 4.74 Å². The fourth-order valence-corrected chi connectivity index (χ4v) is 2.68. The molecule has 0 bridgehead atoms. The van der Waals surface area contributed by atoms with Gasteiger partial charge in [0, 0.05) is 25.3 Å². The molecule has 1 atom stereocenters. The van der Waals surface area contributed by atoms with Gasteiger partial charge in [-0.2, -0.15) is 0 Å². The number of rotatable bonds is 5. The smallest absolute Gasteiger partial charge is 0.338 e. The average Bonchev–Trinajstić information content (AvgIpc) is 2.52. The van der Waals surface area contributed by atoms with E-state index in [0.717, 1.165) is 31.9 Å². The van der Waals surface area contributed by atoms with Gasteiger partial charge in [-0.25, -0.2) is 9.78 Å². The van der Waals surface area contributed by atoms with Gasteiger partial charge in [0.15, 0.2) is 0 Å². The SMILES string of the molecule is COC(=O)c1ccnc(N2CCCC(CNC(C)C)C2)c1. The highest BCUT2D eigenvalue weighted by atomic mass is 16.5. The Morgan fingerprint density at radius 2 is 2.38 bits per heavy atom. The first-order chi connectivity index (χ1) is 10.1. The number of esters is 1. The van der Waals surface area contributed by atoms with Crippen LogP contribution in [-0.4, -0.2) is 43.7 Å². The molecule has 0 aromatic carbocycles. The number of ether oxygens (including phenoxy) is 1. The number of methoxy groups -OCH3 is 1. The van der Waals surface area contributed by atoms with Crippen molar-refractivity contribution in [2.75, 3.05) is 31.6 Å². The molecule has 5 nitrogen and oxygen atoms in total. The molecule has 0 radical (unpaired) electrons. The lowest BCUT2D eigenvalue weighted by Gasteiger charge is -2.34. The number of carbonyl (C=O) groups excluding carboxylic acids is 1. The third-order valence-corrected chi connectivity index (χ3v) is 3.82. The van der Waals surface area contributed by atoms with Gasteiger partial charge in [0.05, 0.1) is 12.7 Å². The summed E-state index contributed by atoms with van der Waals surface area (Å²) < 4.78 is 4.77. The first kappa shape index (κ1) is 15.8. The van der Waals surface area contributed by atoms with Crippen molar-refractivity contribution in [3.8, 4) is 0 Å². The van der Waals surface area contributed by atoms with Crippen LogP contribution >= 0.6 is 0 Å². The van der Waals surface area contributed by atoms with Crippen LogP contribution in [0.3, 0.4) is 0 Å². The van der Waals surface area contributed by atoms with E-state index in [-0.39, 0.29) is 5.97 Å². The maximum Gasteiger partial charge on any atom is 0.338 e. The maximum atomic E-state index is 11.6. The zero-order chi connectivity index (χ0) is 15.2. The molecule has 1 aromatic heterocycles. The van der Waals surface area contributed by atoms with Gasteiger partial charge in [0.1, 0.15) is 5.82 Å². The molecule has 1 aliphatic rings. The van der Waals surface area contributed by atoms with E-state index in [9.17, 15) is 4.79 Å². The Bertz CT molecular complexity index is 476. The maximum absolute atomic E-state index is 11.6. The highest BCUT2D eigenvalue weighted by Crippen LogP contribution is 2.22. The summed E-state index contributed by atoms with van der Waals surface area (Å²) in [5.41, 5.74) is 0.560. The van der Waals surface area contributed by atoms with Crippen LogP contribution in [0.25, 0.3) is 0 Å². The highest BCUT2D eigenvalue weighted by Gasteiger charge is 2.21. The first-order valence-electron chi connectivity index (χ1n) is 7.63. The monoisotopic (exact) mass is 291 g/mol. The number of anilines is 1. The van der Waals surface area contributed by atoms with E-state index in [1.165, 1.54) is 13.5 Å². The van der Waals surface area contributed by atoms with E-state index in [1.54, 1.807) is 12.3 Å². The molecule has 21 heavy (non-hydrogen) atoms. The second-order valence-corrected chi connectivity index (χ2v) is 5.91. The largest absolute Gasteiger partial charge is 0.465 e. The summed E-state index contributed by atoms with van der Waals surface area (Å²) in [5.74, 6) is 1.19. The summed E-state index contributed by atoms with van der Waals surface area (Å²) in [4.78, 5) is 18.3. The number of pyridine rings is 1. The lowest BCUT2D eigenvalue weighted by molar-refractivity contribution is 0.0600. The van der Waals surface area contributed by atoms with Crippen LogP contribution in [0.2, 0.25) is 0 Å². The van der Waals surface area contributed by atoms with Crippen molar-refractivity contribution in [3.05, 3.63) is 23.9 Å². The van der Waals surface area contributed by atoms with Gasteiger partial charge in [0.25, 0.3) is 0 Å². The predicted octanol–water partition coefficient (Wildman–Crippen LogP) is 2.08. The molecular formula is C16H25N3O2. The summed E-state index contributed by atoms with van der Waals surface area (Å²) >= 11 is 0. The van der Waals surface area contributed by atoms with E-state index in [4.69, 9.17) is 4.74 Å². The molecule has 1 N–H and O–H groups in total. The summed E-state index contributed by atoms with van der Waals surface area (Å²) in [6.07, 6.45) is 4.08. The van der Waals surface area contributed by atoms with E-state index in [2.05, 4.69) is 29.0 Å². The standard InChI is InChI=1S/C16H25N3O2/c1-12(2)18-10-13-5-4-8-19(11-13)15-9-14(6-7-17-15)16(20)21-3/h6-7,9,12-13,18H,4-5,8,10-11H2,1-3H3. The third-order valence-electron chi connectivity index (χ3n) is 3.82. The van der Waals surface area contributed by atoms with Crippen molar-refractivity contribution in [1.29, 1.82) is 0 Å². The van der Waals surface area contributed by atoms with Crippen molar-refractivity contribution < 1.29 is 9.53 Å². The van der Waals surface area contributed by atoms with Gasteiger partial charge in [-0.05, 0) is 37.4 Å². The molecule has 116 valence electrons. The predicted molar refractivity (Wildman–Crippen MR) is 83.7 cm³/mol. The quantitative estimate of drug-likeness (QED) is 0.842. The fourth-order valence-electron chi connectivity index (χ4n) is 2.68. The molecule has 1 unspecified atom stereocenters. The Morgan fingerprint density at radius 3 is 3.10 bits per heavy atom. The van der Waals surface area contributed by atoms with E-state index in [0.29, 0.717) is 17.5 Å². The number of nitrogens with one attached hydrogen (secondary N) is 1. The van der Waals surface area contributed by atoms with E-state index < -0.39 is 0 Å². The van der Waals surface area contributed by atoms with Gasteiger partial charge < -0.3 is 15.0 Å². The second-order valence-electron chi connectivity index (χ2n) is 5.91. The fraction of sp³-hybridized carbons (Fsp3) is 0.625. The molecule has 2 heterocycles. The minimum absolute atomic E-state index is 0.311. The van der Waals surface area contributed by atoms with E-state index in [1.807, 2.05) is 6.07 Å². The van der Waals surface area contributed by atoms with Crippen molar-refractivity contribution in [1.82, 2.24) is 10.3 Å². The summed E-state index contributed by atoms with van der Waals surface area (Å²) in [6.45, 7) is 7.35. The van der Waals surface area contributed by atoms with Gasteiger partial charge in [-0.3, -0.25) is 0 Å². The summed E-state index contributed by atoms with van der Waals surface area (Å²) in [6, 6.07) is 4.03. The minimum Gasteiger partial charge on any atom is -0.465 e. The molecular weight excluding hydrogens is 266 g/mol. The van der Waals surface area contributed by atoms with Gasteiger partial charge >= 0.3 is 5.97 Å². The minimum atomic E-state index is -0.311. The molecule has 0 amide bonds. The average molecular weight is 291 g/mol. The molecule has 1 aromatic rings. The van der Waals surface area contributed by atoms with Crippen molar-refractivity contribution in [2.24, 2.45) is 5.92 Å². The first-order valence-corrected chi connectivity index (χ1v) is 7.63. The van der Waals surface area contributed by atoms with Gasteiger partial charge in [-0.15, -0.1) is 0 Å². The number of nitrogens with zero attached hydrogens (tertiary/aromatic N) is 2. The Hall–Kier alpha value is -1.62. The van der Waals surface area contributed by atoms with Crippen molar-refractivity contribution in [3.63, 3.8) is 0 Å². The highest BCUT2D eigenvalue weighted by molar-refractivity contribution is 5.90. The van der Waals surface area contributed by atoms with Crippen LogP contribution in [0.4, 0.5) is 5.82 Å². The third kappa shape index (κ3) is 4.43. The van der Waals surface area contributed by atoms with Gasteiger partial charge in [0.2, 0.25) is 0 Å². The molecule has 5 heteroatoms. The second kappa shape index (κ2) is 7.41. The molecule has 2 rings (SSSR count). The van der Waals surface area contributed by atoms with E-state index >= 15 is 0 Å². The Morgan fingerprint density at radius 1 is 1.57 bits per heavy atom. The Labute approximate surface area is 126 Å². The normalized spacial score (nSPS) is 18.9. The van der Waals surface area contributed by atoms with Crippen LogP contribution in [0.1, 0.15) is 37.0 Å². The number of hydrogen-bond acceptors (Lipinski definition) is 5. The van der Waals surface area contributed by atoms with Crippen LogP contribution < -0.4 is 10.2 Å². The van der Waals surface area contributed by atoms with Gasteiger partial charge in [-0.1, -0.05) is 13.8 Å². The molecule has 0 spiro atoms. The number of hydrogen-bond donors (Lipinski definition) is 1. The molecule has 0 aliphatic carbocycles. The molecule has 1 fully saturated rings.